The van der Waals surface area contributed by atoms with Crippen LogP contribution in [0.25, 0.3) is 5.76 Å². The molecule has 2 fully saturated rings. The third-order valence-corrected chi connectivity index (χ3v) is 9.16. The number of hydrogen-bond acceptors (Lipinski definition) is 9. The van der Waals surface area contributed by atoms with E-state index in [1.807, 2.05) is 0 Å². The second kappa shape index (κ2) is 7.83. The number of benzene rings is 1. The summed E-state index contributed by atoms with van der Waals surface area (Å²) in [5.41, 5.74) is -0.850. The van der Waals surface area contributed by atoms with Crippen LogP contribution in [0.3, 0.4) is 0 Å². The lowest BCUT2D eigenvalue weighted by Crippen LogP contribution is -2.65. The molecule has 7 N–H and O–H groups in total. The largest absolute Gasteiger partial charge is 0.508 e. The molecule has 1 amide bonds. The number of nitrogens with one attached hydrogen (secondary N) is 1. The number of carbonyl (C=O) groups excluding carboxylic acids is 3. The molecule has 1 saturated carbocycles. The van der Waals surface area contributed by atoms with Gasteiger partial charge in [-0.3, -0.25) is 19.3 Å². The number of hydrogen-bond donors (Lipinski definition) is 6. The van der Waals surface area contributed by atoms with E-state index in [0.717, 1.165) is 0 Å². The number of halogens is 3. The van der Waals surface area contributed by atoms with Gasteiger partial charge in [0, 0.05) is 29.0 Å². The van der Waals surface area contributed by atoms with E-state index in [0.29, 0.717) is 13.0 Å². The summed E-state index contributed by atoms with van der Waals surface area (Å²) in [6.45, 7) is 0.447. The molecule has 0 radical (unpaired) electrons. The molecule has 4 aliphatic carbocycles. The smallest absolute Gasteiger partial charge is 0.416 e. The van der Waals surface area contributed by atoms with Crippen LogP contribution in [0.1, 0.15) is 52.6 Å². The van der Waals surface area contributed by atoms with Gasteiger partial charge in [-0.15, -0.1) is 0 Å². The predicted molar refractivity (Wildman–Crippen MR) is 127 cm³/mol. The van der Waals surface area contributed by atoms with E-state index in [2.05, 4.69) is 5.32 Å². The number of nitrogens with zero attached hydrogens (tertiary/aromatic N) is 1. The molecule has 39 heavy (non-hydrogen) atoms. The normalized spacial score (nSPS) is 33.4. The van der Waals surface area contributed by atoms with Gasteiger partial charge in [-0.25, -0.2) is 0 Å². The Morgan fingerprint density at radius 3 is 2.41 bits per heavy atom. The van der Waals surface area contributed by atoms with E-state index in [4.69, 9.17) is 5.73 Å². The molecule has 13 heteroatoms. The van der Waals surface area contributed by atoms with Gasteiger partial charge >= 0.3 is 6.18 Å². The van der Waals surface area contributed by atoms with Gasteiger partial charge in [0.15, 0.2) is 11.4 Å². The molecule has 208 valence electrons. The van der Waals surface area contributed by atoms with E-state index in [9.17, 15) is 48.0 Å². The Hall–Kier alpha value is -3.42. The number of alkyl halides is 3. The molecule has 1 aromatic rings. The fraction of sp³-hybridized carbons (Fsp3) is 0.500. The maximum atomic E-state index is 14.5. The second-order valence-corrected chi connectivity index (χ2v) is 11.2. The van der Waals surface area contributed by atoms with Crippen molar-refractivity contribution in [3.63, 3.8) is 0 Å². The highest BCUT2D eigenvalue weighted by atomic mass is 19.4. The fourth-order valence-electron chi connectivity index (χ4n) is 7.66. The van der Waals surface area contributed by atoms with Crippen LogP contribution in [-0.2, 0) is 27.0 Å². The highest BCUT2D eigenvalue weighted by Gasteiger charge is 2.65. The zero-order chi connectivity index (χ0) is 28.5. The number of likely N-dealkylation sites (N-methyl/N-ethyl adjacent to an activating group) is 1. The third kappa shape index (κ3) is 3.00. The first kappa shape index (κ1) is 25.8. The lowest BCUT2D eigenvalue weighted by molar-refractivity contribution is -0.153. The summed E-state index contributed by atoms with van der Waals surface area (Å²) in [5.74, 6) is -9.24. The molecule has 1 heterocycles. The van der Waals surface area contributed by atoms with Gasteiger partial charge in [-0.2, -0.15) is 13.2 Å². The summed E-state index contributed by atoms with van der Waals surface area (Å²) in [6.07, 6.45) is -5.07. The molecule has 10 nitrogen and oxygen atoms in total. The number of rotatable bonds is 2. The molecule has 0 bridgehead atoms. The molecule has 6 atom stereocenters. The van der Waals surface area contributed by atoms with Crippen LogP contribution >= 0.6 is 0 Å². The standard InChI is InChI=1S/C26H26F3N3O7/c1-32(2)18-10-6-7-5-9-13(20(34)14-12(16(9)26(27,28)29)8-3-4-31-17(8)14)19(33)11(7)22(36)25(10,39)23(37)15(21(18)35)24(30)38/h7-8,10,17-18,31,33-34,37,39H,3-6H2,1-2H3,(H2,30,38)/t7-,8+,10-,17+,18-,25-/m0/s1. The Morgan fingerprint density at radius 1 is 1.15 bits per heavy atom. The Bertz CT molecular complexity index is 1460. The van der Waals surface area contributed by atoms with Crippen LogP contribution < -0.4 is 11.1 Å². The second-order valence-electron chi connectivity index (χ2n) is 11.2. The summed E-state index contributed by atoms with van der Waals surface area (Å²) in [6, 6.07) is -1.85. The molecule has 1 saturated heterocycles. The number of ketones is 2. The molecule has 0 spiro atoms. The van der Waals surface area contributed by atoms with Gasteiger partial charge in [0.25, 0.3) is 5.91 Å². The number of aliphatic hydroxyl groups excluding tert-OH is 2. The predicted octanol–water partition coefficient (Wildman–Crippen LogP) is 1.11. The minimum absolute atomic E-state index is 0.0173. The maximum absolute atomic E-state index is 14.5. The van der Waals surface area contributed by atoms with Crippen molar-refractivity contribution in [1.29, 1.82) is 0 Å². The lowest BCUT2D eigenvalue weighted by Gasteiger charge is -2.50. The van der Waals surface area contributed by atoms with Crippen LogP contribution in [0, 0.1) is 11.8 Å². The van der Waals surface area contributed by atoms with Gasteiger partial charge in [-0.05, 0) is 56.9 Å². The lowest BCUT2D eigenvalue weighted by atomic mass is 9.56. The summed E-state index contributed by atoms with van der Waals surface area (Å²) in [7, 11) is 2.89. The molecular weight excluding hydrogens is 523 g/mol. The minimum Gasteiger partial charge on any atom is -0.508 e. The Balaban J connectivity index is 1.61. The van der Waals surface area contributed by atoms with Gasteiger partial charge in [0.05, 0.1) is 17.2 Å². The average molecular weight is 550 g/mol. The zero-order valence-corrected chi connectivity index (χ0v) is 20.9. The van der Waals surface area contributed by atoms with Gasteiger partial charge in [0.2, 0.25) is 5.78 Å². The highest BCUT2D eigenvalue weighted by Crippen LogP contribution is 2.62. The quantitative estimate of drug-likeness (QED) is 0.296. The Morgan fingerprint density at radius 2 is 1.82 bits per heavy atom. The topological polar surface area (TPSA) is 173 Å². The third-order valence-electron chi connectivity index (χ3n) is 9.16. The average Bonchev–Trinajstić information content (AvgIpc) is 3.21. The molecule has 0 unspecified atom stereocenters. The number of fused-ring (bicyclic) bond motifs is 7. The number of carbonyl (C=O) groups is 3. The Kier molecular flexibility index (Phi) is 5.19. The van der Waals surface area contributed by atoms with Crippen molar-refractivity contribution in [3.05, 3.63) is 44.7 Å². The number of nitrogens with two attached hydrogens (primary N) is 1. The monoisotopic (exact) mass is 549 g/mol. The molecule has 0 aromatic heterocycles. The van der Waals surface area contributed by atoms with E-state index in [-0.39, 0.29) is 23.1 Å². The van der Waals surface area contributed by atoms with Gasteiger partial charge in [0.1, 0.15) is 22.8 Å². The molecule has 1 aromatic carbocycles. The van der Waals surface area contributed by atoms with Crippen molar-refractivity contribution in [2.75, 3.05) is 20.6 Å². The van der Waals surface area contributed by atoms with Crippen LogP contribution in [0.15, 0.2) is 16.9 Å². The molecule has 1 aliphatic heterocycles. The number of primary amides is 1. The van der Waals surface area contributed by atoms with Crippen molar-refractivity contribution in [2.24, 2.45) is 17.6 Å². The number of phenolic OH excluding ortho intramolecular Hbond substituents is 1. The van der Waals surface area contributed by atoms with Gasteiger partial charge < -0.3 is 31.5 Å². The fourth-order valence-corrected chi connectivity index (χ4v) is 7.66. The van der Waals surface area contributed by atoms with Gasteiger partial charge in [-0.1, -0.05) is 0 Å². The first-order valence-corrected chi connectivity index (χ1v) is 12.5. The van der Waals surface area contributed by atoms with Crippen molar-refractivity contribution in [2.45, 2.75) is 49.0 Å². The van der Waals surface area contributed by atoms with Crippen LogP contribution in [-0.4, -0.2) is 75.1 Å². The van der Waals surface area contributed by atoms with E-state index in [1.165, 1.54) is 19.0 Å². The number of aliphatic hydroxyl groups is 3. The molecular formula is C26H26F3N3O7. The van der Waals surface area contributed by atoms with Crippen molar-refractivity contribution in [3.8, 4) is 5.75 Å². The summed E-state index contributed by atoms with van der Waals surface area (Å²) < 4.78 is 43.6. The summed E-state index contributed by atoms with van der Waals surface area (Å²) in [5, 5.41) is 48.0. The first-order chi connectivity index (χ1) is 18.1. The Labute approximate surface area is 219 Å². The molecule has 5 aliphatic rings. The van der Waals surface area contributed by atoms with Crippen molar-refractivity contribution < 1.29 is 48.0 Å². The van der Waals surface area contributed by atoms with Crippen LogP contribution in [0.5, 0.6) is 5.75 Å². The summed E-state index contributed by atoms with van der Waals surface area (Å²) >= 11 is 0. The van der Waals surface area contributed by atoms with Crippen LogP contribution in [0.2, 0.25) is 0 Å². The minimum atomic E-state index is -4.82. The van der Waals surface area contributed by atoms with E-state index in [1.54, 1.807) is 0 Å². The molecule has 6 rings (SSSR count). The zero-order valence-electron chi connectivity index (χ0n) is 20.9. The van der Waals surface area contributed by atoms with Crippen LogP contribution in [0.4, 0.5) is 13.2 Å². The highest BCUT2D eigenvalue weighted by molar-refractivity contribution is 6.24. The van der Waals surface area contributed by atoms with Crippen molar-refractivity contribution in [1.82, 2.24) is 10.2 Å². The van der Waals surface area contributed by atoms with E-state index < -0.39 is 105 Å². The number of amides is 1. The first-order valence-electron chi connectivity index (χ1n) is 12.5. The maximum Gasteiger partial charge on any atom is 0.416 e. The number of Topliss-reactive ketones (excluding diaryl/α,β-unsaturated/α-hetero) is 2. The summed E-state index contributed by atoms with van der Waals surface area (Å²) in [4.78, 5) is 40.4. The SMILES string of the molecule is CN(C)[C@@H]1C(=O)C(C(N)=O)=C(O)[C@@]2(O)C(=O)C3=C(O)c4c(O)c5c(c(C(F)(F)F)c4C[C@H]3C[C@@H]12)[C@H]1CCN[C@@H]51. The number of aromatic hydroxyl groups is 1. The number of phenols is 1. The van der Waals surface area contributed by atoms with E-state index >= 15 is 0 Å². The van der Waals surface area contributed by atoms with Crippen molar-refractivity contribution >= 4 is 23.2 Å².